The van der Waals surface area contributed by atoms with E-state index in [-0.39, 0.29) is 0 Å². The highest BCUT2D eigenvalue weighted by Crippen LogP contribution is 2.29. The van der Waals surface area contributed by atoms with Crippen LogP contribution in [0.4, 0.5) is 5.69 Å². The molecule has 0 aliphatic rings. The van der Waals surface area contributed by atoms with Crippen molar-refractivity contribution in [1.29, 1.82) is 0 Å². The van der Waals surface area contributed by atoms with E-state index in [1.165, 1.54) is 5.56 Å². The zero-order valence-corrected chi connectivity index (χ0v) is 13.3. The molecule has 3 aromatic rings. The van der Waals surface area contributed by atoms with Crippen LogP contribution in [0.25, 0.3) is 11.0 Å². The maximum absolute atomic E-state index is 6.21. The minimum absolute atomic E-state index is 0.685. The molecule has 4 heteroatoms. The van der Waals surface area contributed by atoms with Gasteiger partial charge in [-0.2, -0.15) is 0 Å². The highest BCUT2D eigenvalue weighted by molar-refractivity contribution is 9.10. The Labute approximate surface area is 130 Å². The van der Waals surface area contributed by atoms with Crippen LogP contribution in [0.15, 0.2) is 51.4 Å². The van der Waals surface area contributed by atoms with Gasteiger partial charge in [0, 0.05) is 22.0 Å². The lowest BCUT2D eigenvalue weighted by molar-refractivity contribution is 0.573. The number of para-hydroxylation sites is 1. The minimum atomic E-state index is 0.685. The Morgan fingerprint density at radius 2 is 2.00 bits per heavy atom. The summed E-state index contributed by atoms with van der Waals surface area (Å²) in [5.41, 5.74) is 3.00. The number of nitrogens with one attached hydrogen (secondary N) is 1. The van der Waals surface area contributed by atoms with Crippen molar-refractivity contribution in [1.82, 2.24) is 0 Å². The minimum Gasteiger partial charge on any atom is -0.461 e. The smallest absolute Gasteiger partial charge is 0.134 e. The fourth-order valence-electron chi connectivity index (χ4n) is 2.26. The van der Waals surface area contributed by atoms with Gasteiger partial charge in [0.05, 0.1) is 10.7 Å². The lowest BCUT2D eigenvalue weighted by Gasteiger charge is -2.08. The quantitative estimate of drug-likeness (QED) is 0.648. The van der Waals surface area contributed by atoms with Crippen LogP contribution in [-0.4, -0.2) is 0 Å². The first kappa shape index (κ1) is 13.5. The number of halogens is 2. The fourth-order valence-corrected chi connectivity index (χ4v) is 3.00. The molecule has 0 spiro atoms. The standard InChI is InChI=1S/C16H13BrClNO/c1-10-13(12-4-2-3-5-16(12)20-10)9-19-15-7-6-11(17)8-14(15)18/h2-8,19H,9H2,1H3. The Balaban J connectivity index is 1.88. The van der Waals surface area contributed by atoms with Crippen LogP contribution in [0.3, 0.4) is 0 Å². The molecular weight excluding hydrogens is 338 g/mol. The second kappa shape index (κ2) is 5.51. The average Bonchev–Trinajstić information content (AvgIpc) is 2.74. The molecule has 1 heterocycles. The van der Waals surface area contributed by atoms with E-state index in [0.29, 0.717) is 11.6 Å². The fraction of sp³-hybridized carbons (Fsp3) is 0.125. The summed E-state index contributed by atoms with van der Waals surface area (Å²) in [4.78, 5) is 0. The first-order chi connectivity index (χ1) is 9.65. The van der Waals surface area contributed by atoms with Gasteiger partial charge in [-0.1, -0.05) is 45.7 Å². The molecule has 0 radical (unpaired) electrons. The Morgan fingerprint density at radius 1 is 1.20 bits per heavy atom. The van der Waals surface area contributed by atoms with Crippen molar-refractivity contribution in [3.05, 3.63) is 63.3 Å². The van der Waals surface area contributed by atoms with Gasteiger partial charge >= 0.3 is 0 Å². The van der Waals surface area contributed by atoms with Gasteiger partial charge in [-0.15, -0.1) is 0 Å². The van der Waals surface area contributed by atoms with Crippen LogP contribution in [-0.2, 0) is 6.54 Å². The molecular formula is C16H13BrClNO. The Morgan fingerprint density at radius 3 is 2.80 bits per heavy atom. The third kappa shape index (κ3) is 2.56. The molecule has 2 nitrogen and oxygen atoms in total. The number of anilines is 1. The molecule has 0 saturated carbocycles. The monoisotopic (exact) mass is 349 g/mol. The number of hydrogen-bond acceptors (Lipinski definition) is 2. The van der Waals surface area contributed by atoms with Crippen LogP contribution in [0.1, 0.15) is 11.3 Å². The third-order valence-electron chi connectivity index (χ3n) is 3.29. The molecule has 0 unspecified atom stereocenters. The van der Waals surface area contributed by atoms with Crippen LogP contribution >= 0.6 is 27.5 Å². The van der Waals surface area contributed by atoms with Crippen LogP contribution < -0.4 is 5.32 Å². The van der Waals surface area contributed by atoms with Gasteiger partial charge in [-0.25, -0.2) is 0 Å². The summed E-state index contributed by atoms with van der Waals surface area (Å²) >= 11 is 9.61. The lowest BCUT2D eigenvalue weighted by atomic mass is 10.1. The zero-order valence-electron chi connectivity index (χ0n) is 10.9. The third-order valence-corrected chi connectivity index (χ3v) is 4.09. The van der Waals surface area contributed by atoms with Crippen LogP contribution in [0, 0.1) is 6.92 Å². The van der Waals surface area contributed by atoms with Crippen molar-refractivity contribution in [2.24, 2.45) is 0 Å². The predicted octanol–water partition coefficient (Wildman–Crippen LogP) is 5.77. The van der Waals surface area contributed by atoms with Gasteiger partial charge in [0.2, 0.25) is 0 Å². The number of fused-ring (bicyclic) bond motifs is 1. The topological polar surface area (TPSA) is 25.2 Å². The molecule has 0 aliphatic heterocycles. The number of aryl methyl sites for hydroxylation is 1. The van der Waals surface area contributed by atoms with Crippen molar-refractivity contribution in [2.75, 3.05) is 5.32 Å². The zero-order chi connectivity index (χ0) is 14.1. The molecule has 0 bridgehead atoms. The van der Waals surface area contributed by atoms with Crippen molar-refractivity contribution >= 4 is 44.2 Å². The molecule has 0 fully saturated rings. The first-order valence-corrected chi connectivity index (χ1v) is 7.48. The highest BCUT2D eigenvalue weighted by Gasteiger charge is 2.10. The molecule has 1 aromatic heterocycles. The number of hydrogen-bond donors (Lipinski definition) is 1. The van der Waals surface area contributed by atoms with Crippen LogP contribution in [0.5, 0.6) is 0 Å². The molecule has 0 amide bonds. The van der Waals surface area contributed by atoms with Gasteiger partial charge in [-0.05, 0) is 31.2 Å². The SMILES string of the molecule is Cc1oc2ccccc2c1CNc1ccc(Br)cc1Cl. The van der Waals surface area contributed by atoms with E-state index in [0.717, 1.165) is 26.9 Å². The van der Waals surface area contributed by atoms with Crippen molar-refractivity contribution in [3.8, 4) is 0 Å². The largest absolute Gasteiger partial charge is 0.461 e. The lowest BCUT2D eigenvalue weighted by Crippen LogP contribution is -2.00. The van der Waals surface area contributed by atoms with E-state index >= 15 is 0 Å². The second-order valence-electron chi connectivity index (χ2n) is 4.61. The van der Waals surface area contributed by atoms with E-state index in [1.54, 1.807) is 0 Å². The summed E-state index contributed by atoms with van der Waals surface area (Å²) in [6.45, 7) is 2.67. The van der Waals surface area contributed by atoms with Crippen molar-refractivity contribution < 1.29 is 4.42 Å². The summed E-state index contributed by atoms with van der Waals surface area (Å²) < 4.78 is 6.73. The van der Waals surface area contributed by atoms with Gasteiger partial charge in [-0.3, -0.25) is 0 Å². The molecule has 1 N–H and O–H groups in total. The van der Waals surface area contributed by atoms with Gasteiger partial charge in [0.1, 0.15) is 11.3 Å². The predicted molar refractivity (Wildman–Crippen MR) is 87.4 cm³/mol. The van der Waals surface area contributed by atoms with E-state index in [9.17, 15) is 0 Å². The molecule has 20 heavy (non-hydrogen) atoms. The summed E-state index contributed by atoms with van der Waals surface area (Å²) in [5.74, 6) is 0.937. The maximum atomic E-state index is 6.21. The van der Waals surface area contributed by atoms with E-state index in [2.05, 4.69) is 27.3 Å². The molecule has 3 rings (SSSR count). The Bertz CT molecular complexity index is 766. The normalized spacial score (nSPS) is 10.9. The summed E-state index contributed by atoms with van der Waals surface area (Å²) in [7, 11) is 0. The summed E-state index contributed by atoms with van der Waals surface area (Å²) in [6, 6.07) is 13.9. The van der Waals surface area contributed by atoms with Gasteiger partial charge in [0.25, 0.3) is 0 Å². The number of rotatable bonds is 3. The summed E-state index contributed by atoms with van der Waals surface area (Å²) in [6.07, 6.45) is 0. The molecule has 0 aliphatic carbocycles. The van der Waals surface area contributed by atoms with E-state index in [4.69, 9.17) is 16.0 Å². The molecule has 0 atom stereocenters. The summed E-state index contributed by atoms with van der Waals surface area (Å²) in [5, 5.41) is 5.21. The van der Waals surface area contributed by atoms with Crippen molar-refractivity contribution in [3.63, 3.8) is 0 Å². The Hall–Kier alpha value is -1.45. The first-order valence-electron chi connectivity index (χ1n) is 6.31. The number of furan rings is 1. The highest BCUT2D eigenvalue weighted by atomic mass is 79.9. The van der Waals surface area contributed by atoms with E-state index in [1.807, 2.05) is 43.3 Å². The molecule has 0 saturated heterocycles. The number of benzene rings is 2. The van der Waals surface area contributed by atoms with Gasteiger partial charge in [0.15, 0.2) is 0 Å². The van der Waals surface area contributed by atoms with Crippen LogP contribution in [0.2, 0.25) is 5.02 Å². The van der Waals surface area contributed by atoms with Crippen molar-refractivity contribution in [2.45, 2.75) is 13.5 Å². The molecule has 2 aromatic carbocycles. The maximum Gasteiger partial charge on any atom is 0.134 e. The Kier molecular flexibility index (Phi) is 3.72. The average molecular weight is 351 g/mol. The molecule has 102 valence electrons. The van der Waals surface area contributed by atoms with Gasteiger partial charge < -0.3 is 9.73 Å². The second-order valence-corrected chi connectivity index (χ2v) is 5.93. The van der Waals surface area contributed by atoms with E-state index < -0.39 is 0 Å².